The standard InChI is InChI=1S/C34H43N5O5S/c1-2-3-19-39-31(41)28(29(40)24-7-5-4-6-8-24)35-32(42)34(39)17-20-38(21-18-34)22-23-9-13-26(14-10-23)44-27-15-11-25(12-16-27)30-36-33(43)45-37-30/h9-16,24,28-29,40H,2-8,17-22H2,1H3,(H,35,42)(H,36,37,43)/t28-,29?/m1/s1. The van der Waals surface area contributed by atoms with Crippen molar-refractivity contribution in [2.45, 2.75) is 88.9 Å². The third-order valence-electron chi connectivity index (χ3n) is 9.78. The zero-order chi connectivity index (χ0) is 31.4. The monoisotopic (exact) mass is 633 g/mol. The number of rotatable bonds is 10. The molecule has 2 saturated heterocycles. The van der Waals surface area contributed by atoms with Crippen LogP contribution in [0.3, 0.4) is 0 Å². The van der Waals surface area contributed by atoms with E-state index in [1.807, 2.05) is 41.3 Å². The summed E-state index contributed by atoms with van der Waals surface area (Å²) < 4.78 is 10.1. The topological polar surface area (TPSA) is 128 Å². The first-order valence-corrected chi connectivity index (χ1v) is 17.1. The Labute approximate surface area is 268 Å². The molecule has 1 unspecified atom stereocenters. The van der Waals surface area contributed by atoms with E-state index in [0.717, 1.165) is 73.5 Å². The Morgan fingerprint density at radius 3 is 2.29 bits per heavy atom. The molecule has 1 saturated carbocycles. The molecule has 3 N–H and O–H groups in total. The molecule has 1 aliphatic carbocycles. The number of carbonyl (C=O) groups excluding carboxylic acids is 2. The molecular weight excluding hydrogens is 590 g/mol. The molecule has 2 aliphatic heterocycles. The number of piperidine rings is 1. The fourth-order valence-corrected chi connectivity index (χ4v) is 7.60. The number of hydrogen-bond acceptors (Lipinski definition) is 8. The Kier molecular flexibility index (Phi) is 9.67. The highest BCUT2D eigenvalue weighted by Crippen LogP contribution is 2.36. The number of H-pyrrole nitrogens is 1. The Morgan fingerprint density at radius 2 is 1.67 bits per heavy atom. The SMILES string of the molecule is CCCCN1C(=O)[C@@H](C(O)C2CCCCC2)NC(=O)C12CCN(Cc1ccc(Oc3ccc(-c4nsc(=O)[nH]4)cc3)cc1)CC2. The van der Waals surface area contributed by atoms with E-state index in [4.69, 9.17) is 4.74 Å². The van der Waals surface area contributed by atoms with Crippen LogP contribution in [0.15, 0.2) is 53.3 Å². The maximum atomic E-state index is 13.9. The van der Waals surface area contributed by atoms with Crippen molar-refractivity contribution in [3.8, 4) is 22.9 Å². The van der Waals surface area contributed by atoms with Gasteiger partial charge in [-0.15, -0.1) is 0 Å². The molecule has 2 amide bonds. The number of aliphatic hydroxyl groups excluding tert-OH is 1. The largest absolute Gasteiger partial charge is 0.457 e. The first-order chi connectivity index (χ1) is 21.9. The number of hydrogen-bond donors (Lipinski definition) is 3. The molecule has 0 bridgehead atoms. The molecule has 6 rings (SSSR count). The predicted molar refractivity (Wildman–Crippen MR) is 173 cm³/mol. The lowest BCUT2D eigenvalue weighted by molar-refractivity contribution is -0.166. The summed E-state index contributed by atoms with van der Waals surface area (Å²) in [6, 6.07) is 14.6. The van der Waals surface area contributed by atoms with Gasteiger partial charge < -0.3 is 20.1 Å². The maximum absolute atomic E-state index is 13.9. The van der Waals surface area contributed by atoms with Crippen molar-refractivity contribution in [1.29, 1.82) is 0 Å². The fraction of sp³-hybridized carbons (Fsp3) is 0.529. The first kappa shape index (κ1) is 31.4. The zero-order valence-corrected chi connectivity index (χ0v) is 26.7. The van der Waals surface area contributed by atoms with E-state index >= 15 is 0 Å². The van der Waals surface area contributed by atoms with E-state index in [0.29, 0.717) is 44.0 Å². The molecule has 1 aromatic heterocycles. The lowest BCUT2D eigenvalue weighted by atomic mass is 9.78. The maximum Gasteiger partial charge on any atom is 0.323 e. The van der Waals surface area contributed by atoms with Gasteiger partial charge >= 0.3 is 4.87 Å². The molecular formula is C34H43N5O5S. The van der Waals surface area contributed by atoms with E-state index in [9.17, 15) is 19.5 Å². The number of amides is 2. The number of benzene rings is 2. The van der Waals surface area contributed by atoms with E-state index in [1.54, 1.807) is 0 Å². The van der Waals surface area contributed by atoms with Crippen LogP contribution in [0.4, 0.5) is 0 Å². The third kappa shape index (κ3) is 6.85. The number of nitrogens with zero attached hydrogens (tertiary/aromatic N) is 3. The number of nitrogens with one attached hydrogen (secondary N) is 2. The molecule has 45 heavy (non-hydrogen) atoms. The van der Waals surface area contributed by atoms with Gasteiger partial charge in [-0.2, -0.15) is 4.37 Å². The zero-order valence-electron chi connectivity index (χ0n) is 25.9. The highest BCUT2D eigenvalue weighted by Gasteiger charge is 2.55. The van der Waals surface area contributed by atoms with Crippen molar-refractivity contribution in [3.05, 3.63) is 63.8 Å². The Morgan fingerprint density at radius 1 is 1.00 bits per heavy atom. The van der Waals surface area contributed by atoms with Gasteiger partial charge in [-0.25, -0.2) is 0 Å². The van der Waals surface area contributed by atoms with E-state index in [1.165, 1.54) is 6.42 Å². The van der Waals surface area contributed by atoms with Crippen molar-refractivity contribution in [3.63, 3.8) is 0 Å². The highest BCUT2D eigenvalue weighted by atomic mass is 32.1. The fourth-order valence-electron chi connectivity index (χ4n) is 7.13. The summed E-state index contributed by atoms with van der Waals surface area (Å²) in [5.41, 5.74) is 1.11. The molecule has 3 aromatic rings. The average molecular weight is 634 g/mol. The summed E-state index contributed by atoms with van der Waals surface area (Å²) >= 11 is 0.896. The molecule has 3 fully saturated rings. The second-order valence-electron chi connectivity index (χ2n) is 12.7. The van der Waals surface area contributed by atoms with Gasteiger partial charge in [0.05, 0.1) is 6.10 Å². The van der Waals surface area contributed by atoms with Gasteiger partial charge in [-0.1, -0.05) is 44.7 Å². The molecule has 2 aromatic carbocycles. The van der Waals surface area contributed by atoms with Crippen molar-refractivity contribution < 1.29 is 19.4 Å². The third-order valence-corrected chi connectivity index (χ3v) is 10.3. The van der Waals surface area contributed by atoms with Crippen LogP contribution in [0.25, 0.3) is 11.4 Å². The number of carbonyl (C=O) groups is 2. The summed E-state index contributed by atoms with van der Waals surface area (Å²) in [6.07, 6.45) is 7.22. The van der Waals surface area contributed by atoms with Gasteiger partial charge in [0.2, 0.25) is 11.8 Å². The average Bonchev–Trinajstić information content (AvgIpc) is 3.51. The molecule has 3 aliphatic rings. The summed E-state index contributed by atoms with van der Waals surface area (Å²) in [7, 11) is 0. The van der Waals surface area contributed by atoms with Gasteiger partial charge in [0.1, 0.15) is 23.1 Å². The summed E-state index contributed by atoms with van der Waals surface area (Å²) in [4.78, 5) is 45.7. The van der Waals surface area contributed by atoms with E-state index in [-0.39, 0.29) is 22.6 Å². The Bertz CT molecular complexity index is 1510. The summed E-state index contributed by atoms with van der Waals surface area (Å²) in [5, 5.41) is 14.2. The molecule has 11 heteroatoms. The minimum atomic E-state index is -0.854. The lowest BCUT2D eigenvalue weighted by Gasteiger charge is -2.52. The molecule has 2 atom stereocenters. The van der Waals surface area contributed by atoms with Crippen LogP contribution in [0, 0.1) is 5.92 Å². The van der Waals surface area contributed by atoms with Crippen LogP contribution in [0.5, 0.6) is 11.5 Å². The second kappa shape index (κ2) is 13.8. The Hall–Kier alpha value is -3.54. The first-order valence-electron chi connectivity index (χ1n) is 16.3. The normalized spacial score (nSPS) is 21.6. The number of likely N-dealkylation sites (tertiary alicyclic amines) is 1. The number of ether oxygens (including phenoxy) is 1. The number of piperazine rings is 1. The van der Waals surface area contributed by atoms with Gasteiger partial charge in [-0.3, -0.25) is 24.3 Å². The number of aromatic amines is 1. The quantitative estimate of drug-likeness (QED) is 0.296. The second-order valence-corrected chi connectivity index (χ2v) is 13.4. The van der Waals surface area contributed by atoms with Crippen LogP contribution in [0.1, 0.15) is 70.3 Å². The van der Waals surface area contributed by atoms with Crippen molar-refractivity contribution >= 4 is 23.3 Å². The van der Waals surface area contributed by atoms with E-state index in [2.05, 4.69) is 38.6 Å². The van der Waals surface area contributed by atoms with Crippen LogP contribution >= 0.6 is 11.5 Å². The lowest BCUT2D eigenvalue weighted by Crippen LogP contribution is -2.75. The number of aliphatic hydroxyl groups is 1. The van der Waals surface area contributed by atoms with Gasteiger partial charge in [0, 0.05) is 43.3 Å². The molecule has 0 radical (unpaired) electrons. The van der Waals surface area contributed by atoms with E-state index < -0.39 is 17.7 Å². The van der Waals surface area contributed by atoms with Crippen LogP contribution in [0.2, 0.25) is 0 Å². The molecule has 240 valence electrons. The molecule has 1 spiro atoms. The molecule has 3 heterocycles. The Balaban J connectivity index is 1.06. The minimum Gasteiger partial charge on any atom is -0.457 e. The minimum absolute atomic E-state index is 0.0659. The van der Waals surface area contributed by atoms with Crippen molar-refractivity contribution in [2.75, 3.05) is 19.6 Å². The molecule has 10 nitrogen and oxygen atoms in total. The van der Waals surface area contributed by atoms with Crippen LogP contribution < -0.4 is 14.9 Å². The summed E-state index contributed by atoms with van der Waals surface area (Å²) in [5.74, 6) is 1.81. The highest BCUT2D eigenvalue weighted by molar-refractivity contribution is 7.03. The van der Waals surface area contributed by atoms with Crippen molar-refractivity contribution in [2.24, 2.45) is 5.92 Å². The predicted octanol–water partition coefficient (Wildman–Crippen LogP) is 4.69. The smallest absolute Gasteiger partial charge is 0.323 e. The van der Waals surface area contributed by atoms with Gasteiger partial charge in [0.25, 0.3) is 0 Å². The van der Waals surface area contributed by atoms with Gasteiger partial charge in [0.15, 0.2) is 5.82 Å². The summed E-state index contributed by atoms with van der Waals surface area (Å²) in [6.45, 7) is 4.79. The van der Waals surface area contributed by atoms with Crippen LogP contribution in [-0.2, 0) is 16.1 Å². The van der Waals surface area contributed by atoms with Gasteiger partial charge in [-0.05, 0) is 80.0 Å². The van der Waals surface area contributed by atoms with Crippen molar-refractivity contribution in [1.82, 2.24) is 24.5 Å². The number of aromatic nitrogens is 2. The number of unbranched alkanes of at least 4 members (excludes halogenated alkanes) is 1. The van der Waals surface area contributed by atoms with Crippen LogP contribution in [-0.4, -0.2) is 73.4 Å².